The van der Waals surface area contributed by atoms with Crippen LogP contribution in [0, 0.1) is 5.82 Å². The minimum Gasteiger partial charge on any atom is -0.497 e. The van der Waals surface area contributed by atoms with Crippen LogP contribution >= 0.6 is 0 Å². The summed E-state index contributed by atoms with van der Waals surface area (Å²) in [6.07, 6.45) is 2.44. The molecule has 6 nitrogen and oxygen atoms in total. The number of halogens is 1. The van der Waals surface area contributed by atoms with Crippen molar-refractivity contribution in [3.8, 4) is 5.75 Å². The molecule has 0 aliphatic heterocycles. The van der Waals surface area contributed by atoms with Gasteiger partial charge in [0.25, 0.3) is 0 Å². The third-order valence-corrected chi connectivity index (χ3v) is 5.09. The van der Waals surface area contributed by atoms with Crippen LogP contribution in [0.25, 0.3) is 11.2 Å². The Morgan fingerprint density at radius 3 is 2.68 bits per heavy atom. The van der Waals surface area contributed by atoms with Crippen molar-refractivity contribution in [3.63, 3.8) is 0 Å². The molecular formula is C24H23FN4O2. The second kappa shape index (κ2) is 9.38. The zero-order chi connectivity index (χ0) is 21.6. The number of imidazole rings is 1. The molecule has 31 heavy (non-hydrogen) atoms. The maximum Gasteiger partial charge on any atom is 0.220 e. The summed E-state index contributed by atoms with van der Waals surface area (Å²) in [6, 6.07) is 18.0. The summed E-state index contributed by atoms with van der Waals surface area (Å²) in [5.74, 6) is 1.10. The van der Waals surface area contributed by atoms with Crippen molar-refractivity contribution in [1.29, 1.82) is 0 Å². The Balaban J connectivity index is 1.47. The third-order valence-electron chi connectivity index (χ3n) is 5.09. The number of carbonyl (C=O) groups excluding carboxylic acids is 1. The van der Waals surface area contributed by atoms with E-state index < -0.39 is 0 Å². The number of amides is 1. The predicted molar refractivity (Wildman–Crippen MR) is 116 cm³/mol. The molecule has 7 heteroatoms. The molecule has 1 N–H and O–H groups in total. The predicted octanol–water partition coefficient (Wildman–Crippen LogP) is 3.88. The van der Waals surface area contributed by atoms with Crippen molar-refractivity contribution < 1.29 is 13.9 Å². The number of nitrogens with zero attached hydrogens (tertiary/aromatic N) is 3. The fourth-order valence-electron chi connectivity index (χ4n) is 3.43. The minimum atomic E-state index is -0.324. The quantitative estimate of drug-likeness (QED) is 0.472. The van der Waals surface area contributed by atoms with Gasteiger partial charge in [-0.15, -0.1) is 0 Å². The number of ether oxygens (including phenoxy) is 1. The number of hydrogen-bond acceptors (Lipinski definition) is 4. The Labute approximate surface area is 179 Å². The normalized spacial score (nSPS) is 10.9. The van der Waals surface area contributed by atoms with Crippen molar-refractivity contribution in [2.24, 2.45) is 0 Å². The summed E-state index contributed by atoms with van der Waals surface area (Å²) >= 11 is 0. The second-order valence-corrected chi connectivity index (χ2v) is 7.18. The highest BCUT2D eigenvalue weighted by atomic mass is 19.1. The van der Waals surface area contributed by atoms with Gasteiger partial charge in [0.05, 0.1) is 13.7 Å². The maximum absolute atomic E-state index is 13.7. The van der Waals surface area contributed by atoms with E-state index in [2.05, 4.69) is 15.3 Å². The average molecular weight is 418 g/mol. The molecule has 0 aliphatic rings. The fraction of sp³-hybridized carbons (Fsp3) is 0.208. The molecule has 2 heterocycles. The Kier molecular flexibility index (Phi) is 6.21. The molecule has 0 aliphatic carbocycles. The zero-order valence-electron chi connectivity index (χ0n) is 17.2. The number of benzene rings is 2. The number of hydrogen-bond donors (Lipinski definition) is 1. The van der Waals surface area contributed by atoms with Crippen LogP contribution in [0.15, 0.2) is 66.9 Å². The first-order valence-corrected chi connectivity index (χ1v) is 10.1. The summed E-state index contributed by atoms with van der Waals surface area (Å²) in [6.45, 7) is 0.749. The molecule has 2 aromatic carbocycles. The average Bonchev–Trinajstić information content (AvgIpc) is 3.15. The Hall–Kier alpha value is -3.74. The van der Waals surface area contributed by atoms with Crippen LogP contribution in [0.2, 0.25) is 0 Å². The fourth-order valence-corrected chi connectivity index (χ4v) is 3.43. The first-order valence-electron chi connectivity index (χ1n) is 10.1. The lowest BCUT2D eigenvalue weighted by molar-refractivity contribution is -0.121. The van der Waals surface area contributed by atoms with Gasteiger partial charge in [0.1, 0.15) is 22.9 Å². The van der Waals surface area contributed by atoms with Gasteiger partial charge < -0.3 is 14.6 Å². The molecule has 2 aromatic heterocycles. The van der Waals surface area contributed by atoms with Gasteiger partial charge in [-0.3, -0.25) is 4.79 Å². The van der Waals surface area contributed by atoms with Crippen molar-refractivity contribution in [1.82, 2.24) is 19.9 Å². The number of pyridine rings is 1. The topological polar surface area (TPSA) is 69.0 Å². The van der Waals surface area contributed by atoms with Crippen molar-refractivity contribution >= 4 is 17.1 Å². The van der Waals surface area contributed by atoms with E-state index >= 15 is 0 Å². The van der Waals surface area contributed by atoms with E-state index in [-0.39, 0.29) is 24.7 Å². The standard InChI is InChI=1S/C24H23FN4O2/c1-31-19-10-8-17(9-11-19)16-29-22(28-21-7-4-14-26-24(21)29)12-13-23(30)27-15-18-5-2-3-6-20(18)25/h2-11,14H,12-13,15-16H2,1H3,(H,27,30). The highest BCUT2D eigenvalue weighted by Crippen LogP contribution is 2.19. The minimum absolute atomic E-state index is 0.153. The van der Waals surface area contributed by atoms with E-state index in [0.29, 0.717) is 18.5 Å². The third kappa shape index (κ3) is 4.88. The van der Waals surface area contributed by atoms with E-state index in [9.17, 15) is 9.18 Å². The van der Waals surface area contributed by atoms with Gasteiger partial charge in [-0.2, -0.15) is 0 Å². The molecule has 4 rings (SSSR count). The maximum atomic E-state index is 13.7. The number of aromatic nitrogens is 3. The Morgan fingerprint density at radius 1 is 1.10 bits per heavy atom. The van der Waals surface area contributed by atoms with Gasteiger partial charge in [-0.1, -0.05) is 30.3 Å². The largest absolute Gasteiger partial charge is 0.497 e. The second-order valence-electron chi connectivity index (χ2n) is 7.18. The lowest BCUT2D eigenvalue weighted by atomic mass is 10.2. The number of carbonyl (C=O) groups is 1. The summed E-state index contributed by atoms with van der Waals surface area (Å²) in [5.41, 5.74) is 3.11. The van der Waals surface area contributed by atoms with E-state index in [1.165, 1.54) is 6.07 Å². The molecule has 0 bridgehead atoms. The van der Waals surface area contributed by atoms with Crippen LogP contribution in [-0.2, 0) is 24.3 Å². The van der Waals surface area contributed by atoms with Gasteiger partial charge >= 0.3 is 0 Å². The first-order chi connectivity index (χ1) is 15.1. The van der Waals surface area contributed by atoms with Gasteiger partial charge in [0.2, 0.25) is 5.91 Å². The summed E-state index contributed by atoms with van der Waals surface area (Å²) in [4.78, 5) is 21.5. The van der Waals surface area contributed by atoms with Crippen molar-refractivity contribution in [2.45, 2.75) is 25.9 Å². The smallest absolute Gasteiger partial charge is 0.220 e. The highest BCUT2D eigenvalue weighted by Gasteiger charge is 2.14. The molecular weight excluding hydrogens is 395 g/mol. The SMILES string of the molecule is COc1ccc(Cn2c(CCC(=O)NCc3ccccc3F)nc3cccnc32)cc1. The molecule has 4 aromatic rings. The number of aryl methyl sites for hydroxylation is 1. The van der Waals surface area contributed by atoms with Crippen LogP contribution in [0.4, 0.5) is 4.39 Å². The molecule has 158 valence electrons. The number of rotatable bonds is 8. The molecule has 0 saturated heterocycles. The Morgan fingerprint density at radius 2 is 1.90 bits per heavy atom. The van der Waals surface area contributed by atoms with Crippen LogP contribution in [-0.4, -0.2) is 27.6 Å². The zero-order valence-corrected chi connectivity index (χ0v) is 17.2. The van der Waals surface area contributed by atoms with Crippen LogP contribution in [0.1, 0.15) is 23.4 Å². The number of fused-ring (bicyclic) bond motifs is 1. The van der Waals surface area contributed by atoms with Crippen LogP contribution < -0.4 is 10.1 Å². The lowest BCUT2D eigenvalue weighted by Crippen LogP contribution is -2.24. The number of methoxy groups -OCH3 is 1. The molecule has 0 fully saturated rings. The molecule has 0 atom stereocenters. The Bertz CT molecular complexity index is 1190. The summed E-state index contributed by atoms with van der Waals surface area (Å²) in [5, 5.41) is 2.78. The lowest BCUT2D eigenvalue weighted by Gasteiger charge is -2.10. The van der Waals surface area contributed by atoms with E-state index in [1.54, 1.807) is 31.5 Å². The number of nitrogens with one attached hydrogen (secondary N) is 1. The summed E-state index contributed by atoms with van der Waals surface area (Å²) < 4.78 is 21.0. The van der Waals surface area contributed by atoms with Gasteiger partial charge in [0, 0.05) is 31.1 Å². The van der Waals surface area contributed by atoms with Gasteiger partial charge in [-0.25, -0.2) is 14.4 Å². The monoisotopic (exact) mass is 418 g/mol. The first kappa shape index (κ1) is 20.5. The van der Waals surface area contributed by atoms with Gasteiger partial charge in [-0.05, 0) is 35.9 Å². The molecule has 0 spiro atoms. The van der Waals surface area contributed by atoms with Crippen molar-refractivity contribution in [2.75, 3.05) is 7.11 Å². The summed E-state index contributed by atoms with van der Waals surface area (Å²) in [7, 11) is 1.64. The highest BCUT2D eigenvalue weighted by molar-refractivity contribution is 5.76. The molecule has 0 radical (unpaired) electrons. The molecule has 1 amide bonds. The molecule has 0 saturated carbocycles. The van der Waals surface area contributed by atoms with Crippen molar-refractivity contribution in [3.05, 3.63) is 89.6 Å². The van der Waals surface area contributed by atoms with Crippen LogP contribution in [0.5, 0.6) is 5.75 Å². The van der Waals surface area contributed by atoms with Crippen LogP contribution in [0.3, 0.4) is 0 Å². The van der Waals surface area contributed by atoms with E-state index in [4.69, 9.17) is 4.74 Å². The van der Waals surface area contributed by atoms with E-state index in [1.807, 2.05) is 41.0 Å². The van der Waals surface area contributed by atoms with Gasteiger partial charge in [0.15, 0.2) is 5.65 Å². The van der Waals surface area contributed by atoms with E-state index in [0.717, 1.165) is 28.3 Å². The molecule has 0 unspecified atom stereocenters.